The number of nitrogens with one attached hydrogen (secondary N) is 4. The van der Waals surface area contributed by atoms with Gasteiger partial charge in [0.05, 0.1) is 6.04 Å². The highest BCUT2D eigenvalue weighted by Gasteiger charge is 2.22. The van der Waals surface area contributed by atoms with Gasteiger partial charge < -0.3 is 62.4 Å². The number of unbranched alkanes of at least 4 members (excludes halogenated alkanes) is 2. The number of thiol groups is 1. The first-order valence-corrected chi connectivity index (χ1v) is 15.3. The van der Waals surface area contributed by atoms with Crippen LogP contribution in [0.25, 0.3) is 0 Å². The zero-order valence-corrected chi connectivity index (χ0v) is 27.3. The lowest BCUT2D eigenvalue weighted by Crippen LogP contribution is -2.49. The van der Waals surface area contributed by atoms with E-state index in [0.29, 0.717) is 32.0 Å². The minimum Gasteiger partial charge on any atom is -0.504 e. The quantitative estimate of drug-likeness (QED) is 0.0505. The van der Waals surface area contributed by atoms with Crippen LogP contribution >= 0.6 is 12.6 Å². The standard InChI is InChI=1S/C28H36N4O11.CH5N.CH4S/c1-15(34)31-19(7-3-5-9-30-27(42)17-12-22(37)25(40)23(38)13-17)28(43)32-18(14-33)6-2-4-8-29-26(41)16-10-20(35)24(39)21(36)11-16;2*1-2/h10-14,18-19,35-40H,2-9H2,1H3,(H,29,41)(H,30,42)(H,31,34)(H,32,43);2H2,1H3;2H,1H3. The lowest BCUT2D eigenvalue weighted by Gasteiger charge is -2.20. The predicted molar refractivity (Wildman–Crippen MR) is 176 cm³/mol. The third kappa shape index (κ3) is 14.8. The number of hydrogen-bond acceptors (Lipinski definition) is 13. The average molecular weight is 684 g/mol. The number of carbonyl (C=O) groups is 5. The van der Waals surface area contributed by atoms with E-state index in [-0.39, 0.29) is 37.1 Å². The van der Waals surface area contributed by atoms with Crippen molar-refractivity contribution in [1.82, 2.24) is 21.3 Å². The summed E-state index contributed by atoms with van der Waals surface area (Å²) in [6, 6.07) is 2.22. The summed E-state index contributed by atoms with van der Waals surface area (Å²) >= 11 is 3.53. The van der Waals surface area contributed by atoms with Crippen molar-refractivity contribution in [2.75, 3.05) is 26.4 Å². The van der Waals surface area contributed by atoms with Crippen molar-refractivity contribution in [3.8, 4) is 34.5 Å². The van der Waals surface area contributed by atoms with Crippen molar-refractivity contribution in [3.63, 3.8) is 0 Å². The Balaban J connectivity index is 0.00000508. The highest BCUT2D eigenvalue weighted by atomic mass is 32.1. The van der Waals surface area contributed by atoms with E-state index in [9.17, 15) is 54.6 Å². The molecule has 2 rings (SSSR count). The third-order valence-electron chi connectivity index (χ3n) is 6.28. The van der Waals surface area contributed by atoms with E-state index in [1.165, 1.54) is 14.0 Å². The Morgan fingerprint density at radius 1 is 0.702 bits per heavy atom. The minimum atomic E-state index is -0.931. The summed E-state index contributed by atoms with van der Waals surface area (Å²) in [6.07, 6.45) is 4.43. The van der Waals surface area contributed by atoms with Crippen LogP contribution in [0.2, 0.25) is 0 Å². The van der Waals surface area contributed by atoms with Gasteiger partial charge in [0.15, 0.2) is 34.5 Å². The second-order valence-corrected chi connectivity index (χ2v) is 9.73. The lowest BCUT2D eigenvalue weighted by atomic mass is 10.1. The van der Waals surface area contributed by atoms with Crippen LogP contribution in [0.5, 0.6) is 34.5 Å². The van der Waals surface area contributed by atoms with Crippen molar-refractivity contribution in [2.24, 2.45) is 5.73 Å². The molecule has 0 radical (unpaired) electrons. The number of phenols is 6. The van der Waals surface area contributed by atoms with E-state index in [1.54, 1.807) is 6.26 Å². The number of aromatic hydroxyl groups is 6. The summed E-state index contributed by atoms with van der Waals surface area (Å²) in [6.45, 7) is 1.62. The first-order chi connectivity index (χ1) is 22.3. The van der Waals surface area contributed by atoms with Crippen LogP contribution < -0.4 is 27.0 Å². The molecule has 0 heterocycles. The normalized spacial score (nSPS) is 11.3. The first-order valence-electron chi connectivity index (χ1n) is 14.5. The van der Waals surface area contributed by atoms with Gasteiger partial charge in [0.2, 0.25) is 11.8 Å². The molecule has 47 heavy (non-hydrogen) atoms. The van der Waals surface area contributed by atoms with Gasteiger partial charge in [0.1, 0.15) is 12.3 Å². The smallest absolute Gasteiger partial charge is 0.251 e. The monoisotopic (exact) mass is 683 g/mol. The third-order valence-corrected chi connectivity index (χ3v) is 6.28. The van der Waals surface area contributed by atoms with Gasteiger partial charge in [-0.15, -0.1) is 0 Å². The number of nitrogens with two attached hydrogens (primary N) is 1. The van der Waals surface area contributed by atoms with E-state index in [0.717, 1.165) is 24.3 Å². The summed E-state index contributed by atoms with van der Waals surface area (Å²) in [5.41, 5.74) is 4.37. The first kappa shape index (κ1) is 42.1. The van der Waals surface area contributed by atoms with E-state index in [1.807, 2.05) is 0 Å². The molecule has 0 aliphatic rings. The van der Waals surface area contributed by atoms with Gasteiger partial charge in [0.25, 0.3) is 11.8 Å². The average Bonchev–Trinajstić information content (AvgIpc) is 3.05. The number of aldehydes is 1. The number of phenolic OH excluding ortho intramolecular Hbond substituents is 6. The highest BCUT2D eigenvalue weighted by Crippen LogP contribution is 2.36. The van der Waals surface area contributed by atoms with Crippen LogP contribution in [0.15, 0.2) is 24.3 Å². The lowest BCUT2D eigenvalue weighted by molar-refractivity contribution is -0.129. The fourth-order valence-corrected chi connectivity index (χ4v) is 4.01. The molecule has 0 saturated carbocycles. The van der Waals surface area contributed by atoms with Crippen molar-refractivity contribution in [2.45, 2.75) is 57.5 Å². The van der Waals surface area contributed by atoms with Gasteiger partial charge in [-0.3, -0.25) is 19.2 Å². The molecule has 0 fully saturated rings. The Bertz CT molecular complexity index is 1300. The van der Waals surface area contributed by atoms with Crippen molar-refractivity contribution >= 4 is 42.5 Å². The second-order valence-electron chi connectivity index (χ2n) is 9.73. The molecule has 2 aromatic carbocycles. The Morgan fingerprint density at radius 2 is 1.09 bits per heavy atom. The van der Waals surface area contributed by atoms with Gasteiger partial charge in [-0.05, 0) is 76.1 Å². The maximum absolute atomic E-state index is 12.8. The summed E-state index contributed by atoms with van der Waals surface area (Å²) in [5, 5.41) is 67.2. The highest BCUT2D eigenvalue weighted by molar-refractivity contribution is 7.79. The van der Waals surface area contributed by atoms with E-state index in [4.69, 9.17) is 0 Å². The molecule has 0 aliphatic carbocycles. The van der Waals surface area contributed by atoms with Crippen LogP contribution in [0.4, 0.5) is 0 Å². The molecule has 262 valence electrons. The molecular weight excluding hydrogens is 638 g/mol. The molecular formula is C30H45N5O11S. The van der Waals surface area contributed by atoms with Gasteiger partial charge in [0, 0.05) is 31.1 Å². The molecule has 0 bridgehead atoms. The SMILES string of the molecule is CC(=O)NC(CCCCNC(=O)c1cc(O)c(O)c(O)c1)C(=O)NC(C=O)CCCCNC(=O)c1cc(O)c(O)c(O)c1.CN.CS. The Morgan fingerprint density at radius 3 is 1.45 bits per heavy atom. The molecule has 12 N–H and O–H groups in total. The number of hydrogen-bond donors (Lipinski definition) is 12. The van der Waals surface area contributed by atoms with Crippen molar-refractivity contribution < 1.29 is 54.6 Å². The zero-order valence-electron chi connectivity index (χ0n) is 26.4. The number of benzene rings is 2. The van der Waals surface area contributed by atoms with Crippen LogP contribution in [0.3, 0.4) is 0 Å². The molecule has 2 aromatic rings. The van der Waals surface area contributed by atoms with Crippen LogP contribution in [0, 0.1) is 0 Å². The Kier molecular flexibility index (Phi) is 20.2. The van der Waals surface area contributed by atoms with E-state index < -0.39 is 70.2 Å². The Hall–Kier alpha value is -4.90. The number of rotatable bonds is 16. The van der Waals surface area contributed by atoms with E-state index >= 15 is 0 Å². The molecule has 2 atom stereocenters. The van der Waals surface area contributed by atoms with Crippen LogP contribution in [-0.2, 0) is 14.4 Å². The summed E-state index contributed by atoms with van der Waals surface area (Å²) in [7, 11) is 1.50. The molecule has 2 unspecified atom stereocenters. The molecule has 0 saturated heterocycles. The van der Waals surface area contributed by atoms with Gasteiger partial charge in [-0.2, -0.15) is 12.6 Å². The van der Waals surface area contributed by atoms with E-state index in [2.05, 4.69) is 39.6 Å². The molecule has 17 heteroatoms. The molecule has 4 amide bonds. The fourth-order valence-electron chi connectivity index (χ4n) is 4.01. The number of amides is 4. The predicted octanol–water partition coefficient (Wildman–Crippen LogP) is 0.730. The van der Waals surface area contributed by atoms with Crippen LogP contribution in [0.1, 0.15) is 66.2 Å². The zero-order chi connectivity index (χ0) is 36.1. The number of carbonyl (C=O) groups excluding carboxylic acids is 5. The topological polar surface area (TPSA) is 281 Å². The minimum absolute atomic E-state index is 0.0601. The summed E-state index contributed by atoms with van der Waals surface area (Å²) in [4.78, 5) is 60.3. The largest absolute Gasteiger partial charge is 0.504 e. The van der Waals surface area contributed by atoms with Gasteiger partial charge in [-0.25, -0.2) is 0 Å². The van der Waals surface area contributed by atoms with Crippen molar-refractivity contribution in [1.29, 1.82) is 0 Å². The molecule has 0 aromatic heterocycles. The maximum atomic E-state index is 12.8. The maximum Gasteiger partial charge on any atom is 0.251 e. The second kappa shape index (κ2) is 22.6. The molecule has 16 nitrogen and oxygen atoms in total. The van der Waals surface area contributed by atoms with Crippen LogP contribution in [-0.4, -0.2) is 99.0 Å². The van der Waals surface area contributed by atoms with Gasteiger partial charge >= 0.3 is 0 Å². The Labute approximate surface area is 277 Å². The summed E-state index contributed by atoms with van der Waals surface area (Å²) < 4.78 is 0. The van der Waals surface area contributed by atoms with Gasteiger partial charge in [-0.1, -0.05) is 0 Å². The molecule has 0 aliphatic heterocycles. The molecule has 0 spiro atoms. The van der Waals surface area contributed by atoms with Crippen molar-refractivity contribution in [3.05, 3.63) is 35.4 Å². The summed E-state index contributed by atoms with van der Waals surface area (Å²) in [5.74, 6) is -6.27. The fraction of sp³-hybridized carbons (Fsp3) is 0.433.